The highest BCUT2D eigenvalue weighted by Gasteiger charge is 2.62. The van der Waals surface area contributed by atoms with E-state index >= 15 is 0 Å². The summed E-state index contributed by atoms with van der Waals surface area (Å²) in [6.45, 7) is 2.05. The Morgan fingerprint density at radius 1 is 1.28 bits per heavy atom. The summed E-state index contributed by atoms with van der Waals surface area (Å²) in [5.74, 6) is -5.15. The highest BCUT2D eigenvalue weighted by molar-refractivity contribution is 7.97. The molecule has 1 N–H and O–H groups in total. The van der Waals surface area contributed by atoms with Crippen LogP contribution in [0.5, 0.6) is 5.75 Å². The first kappa shape index (κ1) is 23.4. The number of alkyl halides is 5. The first-order valence-electron chi connectivity index (χ1n) is 10.4. The standard InChI is InChI=1S/C21H25F5N2O3S/c1-12(18(29)30)9-31-16-6-17-15(5-14(16)21(24,25)26)28(4-3-27(2)32-17)13-7-19(8-13)10-20(22,23)11-19/h5-6,12-13H,3-4,7-11H2,1-2H3,(H,29,30). The van der Waals surface area contributed by atoms with E-state index in [1.54, 1.807) is 0 Å². The summed E-state index contributed by atoms with van der Waals surface area (Å²) in [6.07, 6.45) is -3.89. The van der Waals surface area contributed by atoms with Crippen LogP contribution in [0.25, 0.3) is 0 Å². The molecule has 2 saturated carbocycles. The molecule has 1 atom stereocenters. The van der Waals surface area contributed by atoms with Crippen molar-refractivity contribution in [1.82, 2.24) is 4.31 Å². The lowest BCUT2D eigenvalue weighted by molar-refractivity contribution is -0.195. The van der Waals surface area contributed by atoms with Crippen molar-refractivity contribution in [1.29, 1.82) is 0 Å². The summed E-state index contributed by atoms with van der Waals surface area (Å²) in [7, 11) is 1.83. The Balaban J connectivity index is 1.63. The fraction of sp³-hybridized carbons (Fsp3) is 0.667. The number of halogens is 5. The van der Waals surface area contributed by atoms with Gasteiger partial charge < -0.3 is 14.7 Å². The van der Waals surface area contributed by atoms with E-state index in [0.717, 1.165) is 6.07 Å². The maximum absolute atomic E-state index is 13.9. The van der Waals surface area contributed by atoms with Crippen LogP contribution < -0.4 is 9.64 Å². The van der Waals surface area contributed by atoms with Gasteiger partial charge in [0.15, 0.2) is 0 Å². The number of benzene rings is 1. The van der Waals surface area contributed by atoms with Crippen LogP contribution in [0.1, 0.15) is 38.2 Å². The highest BCUT2D eigenvalue weighted by atomic mass is 32.2. The molecular formula is C21H25F5N2O3S. The molecule has 11 heteroatoms. The first-order valence-corrected chi connectivity index (χ1v) is 11.2. The van der Waals surface area contributed by atoms with Crippen molar-refractivity contribution in [3.05, 3.63) is 17.7 Å². The molecule has 4 rings (SSSR count). The number of rotatable bonds is 5. The number of aliphatic carboxylic acids is 1. The van der Waals surface area contributed by atoms with Crippen molar-refractivity contribution in [2.45, 2.75) is 55.6 Å². The first-order chi connectivity index (χ1) is 14.8. The molecule has 1 heterocycles. The second kappa shape index (κ2) is 7.93. The largest absolute Gasteiger partial charge is 0.492 e. The number of carboxylic acid groups (broad SMARTS) is 1. The van der Waals surface area contributed by atoms with Gasteiger partial charge in [0.25, 0.3) is 0 Å². The van der Waals surface area contributed by atoms with Crippen LogP contribution in [-0.4, -0.2) is 54.1 Å². The van der Waals surface area contributed by atoms with Gasteiger partial charge in [-0.25, -0.2) is 13.1 Å². The summed E-state index contributed by atoms with van der Waals surface area (Å²) in [4.78, 5) is 13.5. The number of carboxylic acids is 1. The van der Waals surface area contributed by atoms with E-state index in [9.17, 15) is 26.7 Å². The number of nitrogens with zero attached hydrogens (tertiary/aromatic N) is 2. The number of fused-ring (bicyclic) bond motifs is 1. The maximum Gasteiger partial charge on any atom is 0.420 e. The van der Waals surface area contributed by atoms with Gasteiger partial charge in [0, 0.05) is 32.0 Å². The topological polar surface area (TPSA) is 53.0 Å². The van der Waals surface area contributed by atoms with Crippen LogP contribution in [0.2, 0.25) is 0 Å². The number of carbonyl (C=O) groups is 1. The molecule has 5 nitrogen and oxygen atoms in total. The van der Waals surface area contributed by atoms with E-state index < -0.39 is 35.3 Å². The lowest BCUT2D eigenvalue weighted by Crippen LogP contribution is -2.60. The maximum atomic E-state index is 13.9. The Bertz CT molecular complexity index is 894. The molecule has 0 aromatic heterocycles. The molecule has 0 saturated heterocycles. The second-order valence-corrected chi connectivity index (χ2v) is 10.5. The smallest absolute Gasteiger partial charge is 0.420 e. The fourth-order valence-corrected chi connectivity index (χ4v) is 5.87. The average Bonchev–Trinajstić information content (AvgIpc) is 2.77. The molecule has 0 amide bonds. The highest BCUT2D eigenvalue weighted by Crippen LogP contribution is 2.64. The van der Waals surface area contributed by atoms with Crippen LogP contribution in [0.15, 0.2) is 17.0 Å². The van der Waals surface area contributed by atoms with Gasteiger partial charge in [-0.05, 0) is 56.3 Å². The molecule has 2 aliphatic carbocycles. The van der Waals surface area contributed by atoms with Gasteiger partial charge >= 0.3 is 12.1 Å². The zero-order chi connectivity index (χ0) is 23.5. The van der Waals surface area contributed by atoms with Gasteiger partial charge in [0.2, 0.25) is 5.92 Å². The Morgan fingerprint density at radius 2 is 1.94 bits per heavy atom. The molecule has 32 heavy (non-hydrogen) atoms. The molecular weight excluding hydrogens is 455 g/mol. The van der Waals surface area contributed by atoms with E-state index in [0.29, 0.717) is 36.5 Å². The number of ether oxygens (including phenoxy) is 1. The fourth-order valence-electron chi connectivity index (χ4n) is 4.93. The monoisotopic (exact) mass is 480 g/mol. The minimum Gasteiger partial charge on any atom is -0.492 e. The van der Waals surface area contributed by atoms with E-state index in [-0.39, 0.29) is 30.9 Å². The third kappa shape index (κ3) is 4.50. The quantitative estimate of drug-likeness (QED) is 0.465. The predicted molar refractivity (Wildman–Crippen MR) is 109 cm³/mol. The zero-order valence-corrected chi connectivity index (χ0v) is 18.5. The lowest BCUT2D eigenvalue weighted by Gasteiger charge is -2.60. The van der Waals surface area contributed by atoms with Crippen molar-refractivity contribution in [3.8, 4) is 5.75 Å². The van der Waals surface area contributed by atoms with Gasteiger partial charge in [-0.1, -0.05) is 0 Å². The van der Waals surface area contributed by atoms with Crippen LogP contribution in [0.4, 0.5) is 27.6 Å². The molecule has 3 aliphatic rings. The molecule has 2 fully saturated rings. The van der Waals surface area contributed by atoms with E-state index in [2.05, 4.69) is 0 Å². The van der Waals surface area contributed by atoms with Crippen LogP contribution in [0.3, 0.4) is 0 Å². The van der Waals surface area contributed by atoms with E-state index in [1.165, 1.54) is 24.9 Å². The normalized spacial score (nSPS) is 23.7. The molecule has 1 spiro atoms. The molecule has 1 unspecified atom stereocenters. The van der Waals surface area contributed by atoms with Crippen LogP contribution >= 0.6 is 11.9 Å². The zero-order valence-electron chi connectivity index (χ0n) is 17.7. The summed E-state index contributed by atoms with van der Waals surface area (Å²) < 4.78 is 75.6. The number of anilines is 1. The molecule has 1 aromatic carbocycles. The Kier molecular flexibility index (Phi) is 5.80. The van der Waals surface area contributed by atoms with Gasteiger partial charge in [-0.15, -0.1) is 0 Å². The van der Waals surface area contributed by atoms with Gasteiger partial charge in [-0.2, -0.15) is 13.2 Å². The van der Waals surface area contributed by atoms with Crippen molar-refractivity contribution in [2.75, 3.05) is 31.6 Å². The van der Waals surface area contributed by atoms with E-state index in [1.807, 2.05) is 16.3 Å². The van der Waals surface area contributed by atoms with Crippen molar-refractivity contribution in [3.63, 3.8) is 0 Å². The number of hydrogen-bond donors (Lipinski definition) is 1. The Labute approximate surface area is 187 Å². The summed E-state index contributed by atoms with van der Waals surface area (Å²) in [5.41, 5.74) is -0.938. The summed E-state index contributed by atoms with van der Waals surface area (Å²) >= 11 is 1.29. The van der Waals surface area contributed by atoms with Crippen molar-refractivity contribution in [2.24, 2.45) is 11.3 Å². The van der Waals surface area contributed by atoms with Crippen molar-refractivity contribution >= 4 is 23.6 Å². The van der Waals surface area contributed by atoms with Gasteiger partial charge in [0.1, 0.15) is 12.4 Å². The number of hydrogen-bond acceptors (Lipinski definition) is 5. The molecule has 1 aromatic rings. The minimum absolute atomic E-state index is 0.0863. The summed E-state index contributed by atoms with van der Waals surface area (Å²) in [6, 6.07) is 2.29. The predicted octanol–water partition coefficient (Wildman–Crippen LogP) is 5.14. The van der Waals surface area contributed by atoms with Gasteiger partial charge in [-0.3, -0.25) is 4.79 Å². The number of likely N-dealkylation sites (N-methyl/N-ethyl adjacent to an activating group) is 1. The Morgan fingerprint density at radius 3 is 2.50 bits per heavy atom. The summed E-state index contributed by atoms with van der Waals surface area (Å²) in [5, 5.41) is 9.02. The minimum atomic E-state index is -4.69. The molecule has 178 valence electrons. The molecule has 0 bridgehead atoms. The van der Waals surface area contributed by atoms with Crippen molar-refractivity contribution < 1.29 is 36.6 Å². The third-order valence-corrected chi connectivity index (χ3v) is 7.56. The average molecular weight is 480 g/mol. The second-order valence-electron chi connectivity index (χ2n) is 9.27. The molecule has 0 radical (unpaired) electrons. The van der Waals surface area contributed by atoms with Crippen LogP contribution in [0, 0.1) is 11.3 Å². The lowest BCUT2D eigenvalue weighted by atomic mass is 9.52. The van der Waals surface area contributed by atoms with Crippen LogP contribution in [-0.2, 0) is 11.0 Å². The molecule has 1 aliphatic heterocycles. The van der Waals surface area contributed by atoms with E-state index in [4.69, 9.17) is 9.84 Å². The van der Waals surface area contributed by atoms with Gasteiger partial charge in [0.05, 0.1) is 22.1 Å². The Hall–Kier alpha value is -1.75. The third-order valence-electron chi connectivity index (χ3n) is 6.54. The SMILES string of the molecule is CC(COc1cc2c(cc1C(F)(F)F)N(C1CC3(C1)CC(F)(F)C3)CCN(C)S2)C(=O)O.